The molecule has 1 aromatic heterocycles. The van der Waals surface area contributed by atoms with Gasteiger partial charge < -0.3 is 11.2 Å². The van der Waals surface area contributed by atoms with Crippen LogP contribution < -0.4 is 16.7 Å². The molecule has 0 unspecified atom stereocenters. The van der Waals surface area contributed by atoms with Gasteiger partial charge in [-0.25, -0.2) is 4.68 Å². The van der Waals surface area contributed by atoms with Crippen molar-refractivity contribution < 1.29 is 4.79 Å². The first-order valence-corrected chi connectivity index (χ1v) is 5.65. The van der Waals surface area contributed by atoms with Gasteiger partial charge >= 0.3 is 0 Å². The fraction of sp³-hybridized carbons (Fsp3) is 0.500. The molecule has 0 aliphatic heterocycles. The van der Waals surface area contributed by atoms with E-state index in [2.05, 4.69) is 19.3 Å². The van der Waals surface area contributed by atoms with Crippen molar-refractivity contribution >= 4 is 5.91 Å². The van der Waals surface area contributed by atoms with E-state index in [0.29, 0.717) is 18.0 Å². The van der Waals surface area contributed by atoms with Gasteiger partial charge in [0, 0.05) is 18.3 Å². The third-order valence-electron chi connectivity index (χ3n) is 2.45. The third kappa shape index (κ3) is 3.62. The summed E-state index contributed by atoms with van der Waals surface area (Å²) >= 11 is 0. The van der Waals surface area contributed by atoms with Crippen LogP contribution in [0.2, 0.25) is 0 Å². The third-order valence-corrected chi connectivity index (χ3v) is 2.45. The Morgan fingerprint density at radius 2 is 2.18 bits per heavy atom. The largest absolute Gasteiger partial charge is 0.369 e. The topological polar surface area (TPSA) is 77.1 Å². The van der Waals surface area contributed by atoms with Gasteiger partial charge in [-0.05, 0) is 24.5 Å². The Bertz CT molecular complexity index is 463. The molecule has 0 spiro atoms. The number of nitrogens with zero attached hydrogens (tertiary/aromatic N) is 1. The Hall–Kier alpha value is -1.78. The van der Waals surface area contributed by atoms with Crippen molar-refractivity contribution in [1.29, 1.82) is 0 Å². The summed E-state index contributed by atoms with van der Waals surface area (Å²) in [5.74, 6) is -0.0606. The van der Waals surface area contributed by atoms with E-state index in [0.717, 1.165) is 5.56 Å². The summed E-state index contributed by atoms with van der Waals surface area (Å²) in [6.07, 6.45) is 1.65. The zero-order chi connectivity index (χ0) is 13.0. The van der Waals surface area contributed by atoms with Crippen molar-refractivity contribution in [2.45, 2.75) is 27.2 Å². The number of hydrogen-bond donors (Lipinski definition) is 2. The van der Waals surface area contributed by atoms with E-state index in [1.165, 1.54) is 4.68 Å². The first-order valence-electron chi connectivity index (χ1n) is 5.65. The molecule has 0 bridgehead atoms. The number of rotatable bonds is 5. The predicted molar refractivity (Wildman–Crippen MR) is 67.4 cm³/mol. The van der Waals surface area contributed by atoms with Crippen LogP contribution in [0, 0.1) is 12.8 Å². The molecule has 0 atom stereocenters. The normalized spacial score (nSPS) is 10.6. The van der Waals surface area contributed by atoms with Crippen LogP contribution in [0.5, 0.6) is 0 Å². The summed E-state index contributed by atoms with van der Waals surface area (Å²) in [7, 11) is 0. The van der Waals surface area contributed by atoms with Crippen LogP contribution >= 0.6 is 0 Å². The van der Waals surface area contributed by atoms with Gasteiger partial charge in [0.15, 0.2) is 0 Å². The second-order valence-corrected chi connectivity index (χ2v) is 4.55. The van der Waals surface area contributed by atoms with Crippen molar-refractivity contribution in [3.8, 4) is 0 Å². The molecule has 1 aromatic rings. The SMILES string of the molecule is Cc1ccn(NCC(C)C)c(=O)c1CC(N)=O. The van der Waals surface area contributed by atoms with Gasteiger partial charge in [-0.15, -0.1) is 0 Å². The molecule has 0 aliphatic rings. The maximum Gasteiger partial charge on any atom is 0.272 e. The van der Waals surface area contributed by atoms with E-state index >= 15 is 0 Å². The molecule has 5 heteroatoms. The number of hydrogen-bond acceptors (Lipinski definition) is 3. The van der Waals surface area contributed by atoms with Crippen LogP contribution in [-0.4, -0.2) is 17.1 Å². The lowest BCUT2D eigenvalue weighted by atomic mass is 10.1. The van der Waals surface area contributed by atoms with Crippen LogP contribution in [0.15, 0.2) is 17.1 Å². The fourth-order valence-corrected chi connectivity index (χ4v) is 1.46. The van der Waals surface area contributed by atoms with Gasteiger partial charge in [0.25, 0.3) is 5.56 Å². The molecule has 0 fully saturated rings. The Balaban J connectivity index is 3.01. The second-order valence-electron chi connectivity index (χ2n) is 4.55. The van der Waals surface area contributed by atoms with Crippen LogP contribution in [-0.2, 0) is 11.2 Å². The fourth-order valence-electron chi connectivity index (χ4n) is 1.46. The van der Waals surface area contributed by atoms with Gasteiger partial charge in [0.1, 0.15) is 0 Å². The lowest BCUT2D eigenvalue weighted by Gasteiger charge is -2.13. The van der Waals surface area contributed by atoms with Crippen LogP contribution in [0.4, 0.5) is 0 Å². The number of primary amides is 1. The average molecular weight is 237 g/mol. The minimum absolute atomic E-state index is 0.0190. The number of aryl methyl sites for hydroxylation is 1. The summed E-state index contributed by atoms with van der Waals surface area (Å²) in [5.41, 5.74) is 9.17. The number of nitrogens with one attached hydrogen (secondary N) is 1. The molecular formula is C12H19N3O2. The molecule has 94 valence electrons. The van der Waals surface area contributed by atoms with E-state index in [9.17, 15) is 9.59 Å². The highest BCUT2D eigenvalue weighted by Gasteiger charge is 2.09. The maximum absolute atomic E-state index is 12.0. The first-order chi connectivity index (χ1) is 7.91. The average Bonchev–Trinajstić information content (AvgIpc) is 2.22. The molecular weight excluding hydrogens is 218 g/mol. The van der Waals surface area contributed by atoms with Gasteiger partial charge in [-0.3, -0.25) is 9.59 Å². The standard InChI is InChI=1S/C12H19N3O2/c1-8(2)7-14-15-5-4-9(3)10(12(15)17)6-11(13)16/h4-5,8,14H,6-7H2,1-3H3,(H2,13,16). The van der Waals surface area contributed by atoms with Crippen molar-refractivity contribution in [1.82, 2.24) is 4.68 Å². The van der Waals surface area contributed by atoms with Gasteiger partial charge in [0.2, 0.25) is 5.91 Å². The number of carbonyl (C=O) groups excluding carboxylic acids is 1. The van der Waals surface area contributed by atoms with Crippen molar-refractivity contribution in [3.05, 3.63) is 33.7 Å². The van der Waals surface area contributed by atoms with Crippen LogP contribution in [0.25, 0.3) is 0 Å². The molecule has 0 saturated carbocycles. The predicted octanol–water partition coefficient (Wildman–Crippen LogP) is 0.384. The summed E-state index contributed by atoms with van der Waals surface area (Å²) in [5, 5.41) is 0. The molecule has 0 saturated heterocycles. The van der Waals surface area contributed by atoms with Crippen LogP contribution in [0.3, 0.4) is 0 Å². The van der Waals surface area contributed by atoms with Gasteiger partial charge in [-0.2, -0.15) is 0 Å². The number of pyridine rings is 1. The van der Waals surface area contributed by atoms with E-state index in [4.69, 9.17) is 5.73 Å². The monoisotopic (exact) mass is 237 g/mol. The van der Waals surface area contributed by atoms with Crippen molar-refractivity contribution in [2.24, 2.45) is 11.7 Å². The van der Waals surface area contributed by atoms with Gasteiger partial charge in [-0.1, -0.05) is 13.8 Å². The van der Waals surface area contributed by atoms with Gasteiger partial charge in [0.05, 0.1) is 6.42 Å². The quantitative estimate of drug-likeness (QED) is 0.777. The van der Waals surface area contributed by atoms with Crippen molar-refractivity contribution in [2.75, 3.05) is 12.0 Å². The highest BCUT2D eigenvalue weighted by Crippen LogP contribution is 2.02. The molecule has 5 nitrogen and oxygen atoms in total. The second kappa shape index (κ2) is 5.52. The van der Waals surface area contributed by atoms with E-state index < -0.39 is 5.91 Å². The Morgan fingerprint density at radius 1 is 1.53 bits per heavy atom. The summed E-state index contributed by atoms with van der Waals surface area (Å²) < 4.78 is 1.41. The Morgan fingerprint density at radius 3 is 2.71 bits per heavy atom. The smallest absolute Gasteiger partial charge is 0.272 e. The molecule has 1 amide bonds. The summed E-state index contributed by atoms with van der Waals surface area (Å²) in [4.78, 5) is 22.9. The first kappa shape index (κ1) is 13.3. The van der Waals surface area contributed by atoms with Crippen molar-refractivity contribution in [3.63, 3.8) is 0 Å². The summed E-state index contributed by atoms with van der Waals surface area (Å²) in [6.45, 7) is 6.60. The highest BCUT2D eigenvalue weighted by atomic mass is 16.1. The summed E-state index contributed by atoms with van der Waals surface area (Å²) in [6, 6.07) is 1.80. The molecule has 1 rings (SSSR count). The molecule has 0 aromatic carbocycles. The Labute approximate surface area is 101 Å². The highest BCUT2D eigenvalue weighted by molar-refractivity contribution is 5.76. The molecule has 3 N–H and O–H groups in total. The maximum atomic E-state index is 12.0. The zero-order valence-electron chi connectivity index (χ0n) is 10.5. The number of carbonyl (C=O) groups is 1. The lowest BCUT2D eigenvalue weighted by molar-refractivity contribution is -0.117. The van der Waals surface area contributed by atoms with E-state index in [1.54, 1.807) is 19.2 Å². The van der Waals surface area contributed by atoms with Crippen LogP contribution in [0.1, 0.15) is 25.0 Å². The number of nitrogens with two attached hydrogens (primary N) is 1. The zero-order valence-corrected chi connectivity index (χ0v) is 10.5. The number of aromatic nitrogens is 1. The minimum atomic E-state index is -0.494. The minimum Gasteiger partial charge on any atom is -0.369 e. The lowest BCUT2D eigenvalue weighted by Crippen LogP contribution is -2.34. The molecule has 0 radical (unpaired) electrons. The Kier molecular flexibility index (Phi) is 4.31. The van der Waals surface area contributed by atoms with E-state index in [1.807, 2.05) is 0 Å². The molecule has 0 aliphatic carbocycles. The molecule has 17 heavy (non-hydrogen) atoms. The van der Waals surface area contributed by atoms with E-state index in [-0.39, 0.29) is 12.0 Å². The number of amides is 1. The molecule has 1 heterocycles.